The second-order valence-electron chi connectivity index (χ2n) is 9.30. The zero-order valence-corrected chi connectivity index (χ0v) is 20.9. The number of rotatable bonds is 10. The van der Waals surface area contributed by atoms with E-state index in [4.69, 9.17) is 11.5 Å². The van der Waals surface area contributed by atoms with Crippen molar-refractivity contribution in [1.82, 2.24) is 15.3 Å². The normalized spacial score (nSPS) is 14.9. The van der Waals surface area contributed by atoms with Crippen molar-refractivity contribution in [3.63, 3.8) is 0 Å². The monoisotopic (exact) mass is 516 g/mol. The molecule has 1 amide bonds. The number of carbonyl (C=O) groups excluding carboxylic acids is 1. The highest BCUT2D eigenvalue weighted by molar-refractivity contribution is 5.97. The molecule has 10 heteroatoms. The van der Waals surface area contributed by atoms with Crippen LogP contribution in [0.3, 0.4) is 0 Å². The van der Waals surface area contributed by atoms with Gasteiger partial charge in [-0.15, -0.1) is 6.42 Å². The first kappa shape index (κ1) is 26.4. The maximum absolute atomic E-state index is 12.7. The first-order chi connectivity index (χ1) is 18.2. The number of H-pyrrole nitrogens is 1. The van der Waals surface area contributed by atoms with E-state index in [2.05, 4.69) is 21.2 Å². The Kier molecular flexibility index (Phi) is 7.76. The van der Waals surface area contributed by atoms with Crippen LogP contribution in [0.5, 0.6) is 0 Å². The predicted octanol–water partition coefficient (Wildman–Crippen LogP) is 2.80. The number of amides is 1. The largest absolute Gasteiger partial charge is 0.481 e. The van der Waals surface area contributed by atoms with Gasteiger partial charge in [0.25, 0.3) is 11.5 Å². The SMILES string of the molecule is C#CCN(c1ccc(C(=O)N[C@@H](CCCC(=O)O)C(=O)O)cc1)C1CCc2cc3nc(C)[nH]c(=O)c3cc21. The van der Waals surface area contributed by atoms with Gasteiger partial charge in [-0.1, -0.05) is 5.92 Å². The van der Waals surface area contributed by atoms with Crippen LogP contribution in [0.2, 0.25) is 0 Å². The second-order valence-corrected chi connectivity index (χ2v) is 9.30. The molecule has 1 heterocycles. The van der Waals surface area contributed by atoms with E-state index in [1.807, 2.05) is 17.0 Å². The van der Waals surface area contributed by atoms with E-state index in [9.17, 15) is 24.3 Å². The Morgan fingerprint density at radius 2 is 1.97 bits per heavy atom. The zero-order chi connectivity index (χ0) is 27.4. The van der Waals surface area contributed by atoms with E-state index in [1.54, 1.807) is 31.2 Å². The summed E-state index contributed by atoms with van der Waals surface area (Å²) in [5.41, 5.74) is 3.64. The molecule has 10 nitrogen and oxygen atoms in total. The summed E-state index contributed by atoms with van der Waals surface area (Å²) in [4.78, 5) is 56.7. The molecule has 1 aromatic heterocycles. The van der Waals surface area contributed by atoms with Gasteiger partial charge < -0.3 is 25.4 Å². The number of nitrogens with one attached hydrogen (secondary N) is 2. The summed E-state index contributed by atoms with van der Waals surface area (Å²) in [6.07, 6.45) is 7.26. The maximum atomic E-state index is 12.7. The highest BCUT2D eigenvalue weighted by atomic mass is 16.4. The first-order valence-electron chi connectivity index (χ1n) is 12.3. The minimum absolute atomic E-state index is 0.00903. The Bertz CT molecular complexity index is 1490. The molecule has 0 spiro atoms. The Morgan fingerprint density at radius 3 is 2.63 bits per heavy atom. The average Bonchev–Trinajstić information content (AvgIpc) is 3.27. The van der Waals surface area contributed by atoms with E-state index in [0.717, 1.165) is 29.7 Å². The Balaban J connectivity index is 1.55. The Hall–Kier alpha value is -4.65. The van der Waals surface area contributed by atoms with Crippen LogP contribution < -0.4 is 15.8 Å². The summed E-state index contributed by atoms with van der Waals surface area (Å²) >= 11 is 0. The molecule has 2 aromatic carbocycles. The number of aromatic amines is 1. The molecule has 0 saturated carbocycles. The molecule has 0 fully saturated rings. The summed E-state index contributed by atoms with van der Waals surface area (Å²) < 4.78 is 0. The molecular weight excluding hydrogens is 488 g/mol. The number of hydrogen-bond donors (Lipinski definition) is 4. The predicted molar refractivity (Wildman–Crippen MR) is 141 cm³/mol. The van der Waals surface area contributed by atoms with Crippen LogP contribution in [0.15, 0.2) is 41.2 Å². The van der Waals surface area contributed by atoms with Gasteiger partial charge in [0.15, 0.2) is 0 Å². The number of carbonyl (C=O) groups is 3. The lowest BCUT2D eigenvalue weighted by Crippen LogP contribution is -2.40. The van der Waals surface area contributed by atoms with Gasteiger partial charge in [0.1, 0.15) is 11.9 Å². The zero-order valence-electron chi connectivity index (χ0n) is 20.9. The van der Waals surface area contributed by atoms with Crippen molar-refractivity contribution < 1.29 is 24.6 Å². The summed E-state index contributed by atoms with van der Waals surface area (Å²) in [6.45, 7) is 2.05. The third kappa shape index (κ3) is 5.67. The van der Waals surface area contributed by atoms with E-state index >= 15 is 0 Å². The number of anilines is 1. The highest BCUT2D eigenvalue weighted by Gasteiger charge is 2.29. The molecule has 1 aliphatic carbocycles. The molecule has 4 rings (SSSR count). The molecule has 3 aromatic rings. The molecule has 0 aliphatic heterocycles. The molecule has 4 N–H and O–H groups in total. The van der Waals surface area contributed by atoms with Gasteiger partial charge in [0.05, 0.1) is 23.5 Å². The molecule has 1 unspecified atom stereocenters. The molecule has 0 radical (unpaired) electrons. The number of hydrogen-bond acceptors (Lipinski definition) is 6. The molecule has 2 atom stereocenters. The standard InChI is InChI=1S/C28H28N4O6/c1-3-13-32(24-12-9-18-14-23-21(15-20(18)24)27(36)30-16(2)29-23)19-10-7-17(8-11-19)26(35)31-22(28(37)38)5-4-6-25(33)34/h1,7-8,10-11,14-15,22,24H,4-6,9,12-13H2,2H3,(H,31,35)(H,33,34)(H,37,38)(H,29,30,36)/t22-,24?/m0/s1. The summed E-state index contributed by atoms with van der Waals surface area (Å²) in [5, 5.41) is 21.1. The lowest BCUT2D eigenvalue weighted by Gasteiger charge is -2.30. The van der Waals surface area contributed by atoms with E-state index < -0.39 is 23.9 Å². The van der Waals surface area contributed by atoms with Crippen molar-refractivity contribution in [1.29, 1.82) is 0 Å². The molecule has 0 saturated heterocycles. The van der Waals surface area contributed by atoms with Gasteiger partial charge in [-0.3, -0.25) is 14.4 Å². The lowest BCUT2D eigenvalue weighted by molar-refractivity contribution is -0.140. The molecule has 38 heavy (non-hydrogen) atoms. The first-order valence-corrected chi connectivity index (χ1v) is 12.3. The van der Waals surface area contributed by atoms with Crippen LogP contribution in [0.4, 0.5) is 5.69 Å². The Morgan fingerprint density at radius 1 is 1.24 bits per heavy atom. The topological polar surface area (TPSA) is 153 Å². The molecule has 0 bridgehead atoms. The summed E-state index contributed by atoms with van der Waals surface area (Å²) in [6, 6.07) is 9.28. The van der Waals surface area contributed by atoms with Gasteiger partial charge >= 0.3 is 11.9 Å². The number of carboxylic acids is 2. The van der Waals surface area contributed by atoms with Crippen LogP contribution in [-0.2, 0) is 16.0 Å². The smallest absolute Gasteiger partial charge is 0.326 e. The number of fused-ring (bicyclic) bond motifs is 2. The van der Waals surface area contributed by atoms with E-state index in [1.165, 1.54) is 0 Å². The second kappa shape index (κ2) is 11.2. The van der Waals surface area contributed by atoms with Crippen molar-refractivity contribution in [3.05, 3.63) is 69.3 Å². The number of carboxylic acid groups (broad SMARTS) is 2. The molecular formula is C28H28N4O6. The minimum atomic E-state index is -1.22. The summed E-state index contributed by atoms with van der Waals surface area (Å²) in [5.74, 6) is 0.437. The number of aryl methyl sites for hydroxylation is 2. The fraction of sp³-hybridized carbons (Fsp3) is 0.321. The molecule has 1 aliphatic rings. The highest BCUT2D eigenvalue weighted by Crippen LogP contribution is 2.39. The van der Waals surface area contributed by atoms with Crippen molar-refractivity contribution in [2.24, 2.45) is 0 Å². The number of aliphatic carboxylic acids is 2. The third-order valence-electron chi connectivity index (χ3n) is 6.72. The van der Waals surface area contributed by atoms with Gasteiger partial charge in [-0.05, 0) is 80.1 Å². The average molecular weight is 517 g/mol. The van der Waals surface area contributed by atoms with Crippen LogP contribution >= 0.6 is 0 Å². The fourth-order valence-electron chi connectivity index (χ4n) is 4.90. The number of aromatic nitrogens is 2. The van der Waals surface area contributed by atoms with Gasteiger partial charge in [-0.25, -0.2) is 9.78 Å². The van der Waals surface area contributed by atoms with Gasteiger partial charge in [0, 0.05) is 17.7 Å². The maximum Gasteiger partial charge on any atom is 0.326 e. The molecule has 196 valence electrons. The van der Waals surface area contributed by atoms with Crippen molar-refractivity contribution in [2.45, 2.75) is 51.1 Å². The van der Waals surface area contributed by atoms with E-state index in [0.29, 0.717) is 23.3 Å². The quantitative estimate of drug-likeness (QED) is 0.300. The number of terminal acetylenes is 1. The van der Waals surface area contributed by atoms with Crippen LogP contribution in [0, 0.1) is 19.3 Å². The van der Waals surface area contributed by atoms with Crippen molar-refractivity contribution in [2.75, 3.05) is 11.4 Å². The van der Waals surface area contributed by atoms with Gasteiger partial charge in [0.2, 0.25) is 0 Å². The van der Waals surface area contributed by atoms with Crippen molar-refractivity contribution >= 4 is 34.4 Å². The summed E-state index contributed by atoms with van der Waals surface area (Å²) in [7, 11) is 0. The number of nitrogens with zero attached hydrogens (tertiary/aromatic N) is 2. The van der Waals surface area contributed by atoms with Crippen molar-refractivity contribution in [3.8, 4) is 12.3 Å². The third-order valence-corrected chi connectivity index (χ3v) is 6.72. The Labute approximate surface area is 218 Å². The minimum Gasteiger partial charge on any atom is -0.481 e. The fourth-order valence-corrected chi connectivity index (χ4v) is 4.90. The van der Waals surface area contributed by atoms with Crippen LogP contribution in [0.1, 0.15) is 59.0 Å². The van der Waals surface area contributed by atoms with Crippen LogP contribution in [-0.4, -0.2) is 50.6 Å². The van der Waals surface area contributed by atoms with Crippen LogP contribution in [0.25, 0.3) is 10.9 Å². The lowest BCUT2D eigenvalue weighted by atomic mass is 10.0. The number of benzene rings is 2. The van der Waals surface area contributed by atoms with Gasteiger partial charge in [-0.2, -0.15) is 0 Å². The van der Waals surface area contributed by atoms with E-state index in [-0.39, 0.29) is 36.4 Å².